The molecule has 3 aromatic rings. The lowest BCUT2D eigenvalue weighted by molar-refractivity contribution is 0.267. The van der Waals surface area contributed by atoms with Gasteiger partial charge in [-0.05, 0) is 82.0 Å². The summed E-state index contributed by atoms with van der Waals surface area (Å²) in [7, 11) is 0. The Morgan fingerprint density at radius 2 is 1.63 bits per heavy atom. The monoisotopic (exact) mass is 501 g/mol. The van der Waals surface area contributed by atoms with Crippen molar-refractivity contribution in [3.05, 3.63) is 91.9 Å². The number of benzene rings is 3. The fourth-order valence-electron chi connectivity index (χ4n) is 2.79. The topological polar surface area (TPSA) is 42.2 Å². The average Bonchev–Trinajstić information content (AvgIpc) is 2.73. The van der Waals surface area contributed by atoms with Crippen molar-refractivity contribution >= 4 is 50.8 Å². The van der Waals surface area contributed by atoms with Crippen LogP contribution >= 0.6 is 39.1 Å². The molecule has 3 rings (SSSR count). The first-order valence-electron chi connectivity index (χ1n) is 9.21. The maximum Gasteiger partial charge on any atom is 0.175 e. The van der Waals surface area contributed by atoms with Crippen molar-refractivity contribution in [2.24, 2.45) is 0 Å². The lowest BCUT2D eigenvalue weighted by atomic mass is 10.0. The van der Waals surface area contributed by atoms with Crippen molar-refractivity contribution < 1.29 is 9.47 Å². The van der Waals surface area contributed by atoms with Gasteiger partial charge in [0.2, 0.25) is 0 Å². The molecule has 0 saturated heterocycles. The quantitative estimate of drug-likeness (QED) is 0.244. The van der Waals surface area contributed by atoms with Crippen molar-refractivity contribution in [1.29, 1.82) is 5.26 Å². The van der Waals surface area contributed by atoms with Crippen molar-refractivity contribution in [2.45, 2.75) is 13.5 Å². The van der Waals surface area contributed by atoms with Crippen LogP contribution in [-0.4, -0.2) is 6.61 Å². The summed E-state index contributed by atoms with van der Waals surface area (Å²) in [6.45, 7) is 2.77. The van der Waals surface area contributed by atoms with Crippen molar-refractivity contribution in [3.8, 4) is 17.6 Å². The second-order valence-electron chi connectivity index (χ2n) is 6.35. The third kappa shape index (κ3) is 5.79. The number of halogens is 3. The van der Waals surface area contributed by atoms with Crippen LogP contribution in [-0.2, 0) is 6.61 Å². The summed E-state index contributed by atoms with van der Waals surface area (Å²) in [6, 6.07) is 20.6. The van der Waals surface area contributed by atoms with Gasteiger partial charge in [-0.15, -0.1) is 0 Å². The number of rotatable bonds is 7. The molecule has 0 spiro atoms. The molecule has 0 fully saturated rings. The zero-order valence-corrected chi connectivity index (χ0v) is 19.3. The fourth-order valence-corrected chi connectivity index (χ4v) is 3.61. The van der Waals surface area contributed by atoms with E-state index in [2.05, 4.69) is 22.0 Å². The van der Waals surface area contributed by atoms with Crippen LogP contribution in [0.5, 0.6) is 11.5 Å². The van der Waals surface area contributed by atoms with Crippen LogP contribution in [0.2, 0.25) is 10.0 Å². The van der Waals surface area contributed by atoms with Gasteiger partial charge in [0.15, 0.2) is 11.5 Å². The molecule has 0 bridgehead atoms. The third-order valence-corrected chi connectivity index (χ3v) is 5.31. The van der Waals surface area contributed by atoms with Gasteiger partial charge < -0.3 is 9.47 Å². The summed E-state index contributed by atoms with van der Waals surface area (Å²) >= 11 is 15.5. The van der Waals surface area contributed by atoms with Crippen LogP contribution in [0, 0.1) is 11.3 Å². The van der Waals surface area contributed by atoms with Gasteiger partial charge in [-0.1, -0.05) is 47.5 Å². The average molecular weight is 503 g/mol. The Labute approximate surface area is 194 Å². The molecule has 0 unspecified atom stereocenters. The number of hydrogen-bond acceptors (Lipinski definition) is 3. The fraction of sp³-hybridized carbons (Fsp3) is 0.125. The van der Waals surface area contributed by atoms with E-state index in [1.54, 1.807) is 18.2 Å². The van der Waals surface area contributed by atoms with Crippen molar-refractivity contribution in [3.63, 3.8) is 0 Å². The first-order valence-corrected chi connectivity index (χ1v) is 10.8. The van der Waals surface area contributed by atoms with Gasteiger partial charge >= 0.3 is 0 Å². The van der Waals surface area contributed by atoms with E-state index in [1.165, 1.54) is 0 Å². The minimum atomic E-state index is 0.374. The Hall–Kier alpha value is -2.45. The summed E-state index contributed by atoms with van der Waals surface area (Å²) in [5.41, 5.74) is 3.12. The van der Waals surface area contributed by atoms with Gasteiger partial charge in [0.05, 0.1) is 22.7 Å². The Kier molecular flexibility index (Phi) is 7.81. The molecule has 0 aliphatic heterocycles. The summed E-state index contributed by atoms with van der Waals surface area (Å²) in [5.74, 6) is 1.20. The minimum absolute atomic E-state index is 0.374. The number of nitrogens with zero attached hydrogens (tertiary/aromatic N) is 1. The molecule has 0 aliphatic carbocycles. The first-order chi connectivity index (χ1) is 14.5. The normalized spacial score (nSPS) is 11.1. The van der Waals surface area contributed by atoms with E-state index in [9.17, 15) is 5.26 Å². The highest BCUT2D eigenvalue weighted by molar-refractivity contribution is 9.10. The first kappa shape index (κ1) is 22.2. The molecule has 152 valence electrons. The van der Waals surface area contributed by atoms with Crippen LogP contribution in [0.4, 0.5) is 0 Å². The van der Waals surface area contributed by atoms with Crippen LogP contribution in [0.3, 0.4) is 0 Å². The van der Waals surface area contributed by atoms with E-state index in [4.69, 9.17) is 32.7 Å². The predicted molar refractivity (Wildman–Crippen MR) is 126 cm³/mol. The second-order valence-corrected chi connectivity index (χ2v) is 8.08. The summed E-state index contributed by atoms with van der Waals surface area (Å²) in [6.07, 6.45) is 1.81. The molecular formula is C24H18BrCl2NO2. The lowest BCUT2D eigenvalue weighted by Gasteiger charge is -2.15. The second kappa shape index (κ2) is 10.5. The van der Waals surface area contributed by atoms with Gasteiger partial charge in [-0.2, -0.15) is 5.26 Å². The maximum absolute atomic E-state index is 9.61. The molecule has 0 amide bonds. The highest BCUT2D eigenvalue weighted by Crippen LogP contribution is 2.38. The summed E-state index contributed by atoms with van der Waals surface area (Å²) < 4.78 is 12.6. The molecule has 0 heterocycles. The standard InChI is InChI=1S/C24H18BrCl2NO2/c1-2-29-23-13-17(11-19(14-28)18-5-9-21(27)10-6-18)12-22(25)24(23)30-15-16-3-7-20(26)8-4-16/h3-13H,2,15H2,1H3/b19-11-. The zero-order valence-electron chi connectivity index (χ0n) is 16.2. The highest BCUT2D eigenvalue weighted by atomic mass is 79.9. The van der Waals surface area contributed by atoms with Gasteiger partial charge in [-0.3, -0.25) is 0 Å². The van der Waals surface area contributed by atoms with E-state index in [-0.39, 0.29) is 0 Å². The van der Waals surface area contributed by atoms with Crippen molar-refractivity contribution in [1.82, 2.24) is 0 Å². The molecule has 3 nitrogen and oxygen atoms in total. The van der Waals surface area contributed by atoms with Crippen LogP contribution in [0.1, 0.15) is 23.6 Å². The van der Waals surface area contributed by atoms with Gasteiger partial charge in [0.25, 0.3) is 0 Å². The molecule has 0 aliphatic rings. The van der Waals surface area contributed by atoms with E-state index < -0.39 is 0 Å². The maximum atomic E-state index is 9.61. The Morgan fingerprint density at radius 3 is 2.23 bits per heavy atom. The molecule has 30 heavy (non-hydrogen) atoms. The van der Waals surface area contributed by atoms with E-state index in [1.807, 2.05) is 55.5 Å². The molecule has 3 aromatic carbocycles. The number of nitriles is 1. The molecule has 0 N–H and O–H groups in total. The zero-order chi connectivity index (χ0) is 21.5. The number of ether oxygens (including phenoxy) is 2. The SMILES string of the molecule is CCOc1cc(/C=C(/C#N)c2ccc(Cl)cc2)cc(Br)c1OCc1ccc(Cl)cc1. The van der Waals surface area contributed by atoms with Crippen LogP contribution in [0.15, 0.2) is 65.1 Å². The predicted octanol–water partition coefficient (Wildman–Crippen LogP) is 7.80. The summed E-state index contributed by atoms with van der Waals surface area (Å²) in [4.78, 5) is 0. The molecule has 0 saturated carbocycles. The Balaban J connectivity index is 1.90. The van der Waals surface area contributed by atoms with Gasteiger partial charge in [0.1, 0.15) is 6.61 Å². The molecule has 6 heteroatoms. The molecule has 0 radical (unpaired) electrons. The molecule has 0 atom stereocenters. The summed E-state index contributed by atoms with van der Waals surface area (Å²) in [5, 5.41) is 10.9. The Morgan fingerprint density at radius 1 is 1.00 bits per heavy atom. The Bertz CT molecular complexity index is 1090. The van der Waals surface area contributed by atoms with E-state index in [0.29, 0.717) is 40.3 Å². The lowest BCUT2D eigenvalue weighted by Crippen LogP contribution is -2.01. The van der Waals surface area contributed by atoms with E-state index in [0.717, 1.165) is 21.2 Å². The molecule has 0 aromatic heterocycles. The largest absolute Gasteiger partial charge is 0.490 e. The van der Waals surface area contributed by atoms with Crippen LogP contribution < -0.4 is 9.47 Å². The minimum Gasteiger partial charge on any atom is -0.490 e. The van der Waals surface area contributed by atoms with Gasteiger partial charge in [0, 0.05) is 10.0 Å². The van der Waals surface area contributed by atoms with Gasteiger partial charge in [-0.25, -0.2) is 0 Å². The van der Waals surface area contributed by atoms with Crippen LogP contribution in [0.25, 0.3) is 11.6 Å². The smallest absolute Gasteiger partial charge is 0.175 e. The number of hydrogen-bond donors (Lipinski definition) is 0. The molecular weight excluding hydrogens is 485 g/mol. The third-order valence-electron chi connectivity index (χ3n) is 4.21. The number of allylic oxidation sites excluding steroid dienone is 1. The van der Waals surface area contributed by atoms with Crippen molar-refractivity contribution in [2.75, 3.05) is 6.61 Å². The van der Waals surface area contributed by atoms with E-state index >= 15 is 0 Å². The highest BCUT2D eigenvalue weighted by Gasteiger charge is 2.13.